The van der Waals surface area contributed by atoms with Crippen molar-refractivity contribution in [1.29, 1.82) is 0 Å². The van der Waals surface area contributed by atoms with Gasteiger partial charge >= 0.3 is 5.69 Å². The lowest BCUT2D eigenvalue weighted by molar-refractivity contribution is -0.386. The number of nitrogens with zero attached hydrogens (tertiary/aromatic N) is 1. The van der Waals surface area contributed by atoms with Crippen LogP contribution in [0.2, 0.25) is 0 Å². The molecule has 0 heterocycles. The molecule has 0 aromatic heterocycles. The van der Waals surface area contributed by atoms with Crippen molar-refractivity contribution in [3.05, 3.63) is 34.1 Å². The lowest BCUT2D eigenvalue weighted by Gasteiger charge is -2.05. The van der Waals surface area contributed by atoms with Crippen molar-refractivity contribution in [2.24, 2.45) is 0 Å². The van der Waals surface area contributed by atoms with Crippen LogP contribution in [-0.4, -0.2) is 23.2 Å². The normalized spacial score (nSPS) is 10.1. The number of aliphatic hydroxyl groups is 1. The van der Waals surface area contributed by atoms with Crippen LogP contribution in [0.3, 0.4) is 0 Å². The van der Waals surface area contributed by atoms with Crippen molar-refractivity contribution in [2.75, 3.05) is 13.2 Å². The smallest absolute Gasteiger partial charge is 0.313 e. The minimum Gasteiger partial charge on any atom is -0.487 e. The van der Waals surface area contributed by atoms with Gasteiger partial charge in [-0.15, -0.1) is 0 Å². The fourth-order valence-corrected chi connectivity index (χ4v) is 1.15. The number of hydrogen-bond donors (Lipinski definition) is 1. The molecule has 6 heteroatoms. The van der Waals surface area contributed by atoms with E-state index in [1.807, 2.05) is 0 Å². The second kappa shape index (κ2) is 6.02. The van der Waals surface area contributed by atoms with E-state index in [2.05, 4.69) is 0 Å². The van der Waals surface area contributed by atoms with Gasteiger partial charge in [0.05, 0.1) is 17.6 Å². The van der Waals surface area contributed by atoms with Crippen molar-refractivity contribution in [1.82, 2.24) is 0 Å². The van der Waals surface area contributed by atoms with Crippen molar-refractivity contribution in [3.63, 3.8) is 0 Å². The average Bonchev–Trinajstić information content (AvgIpc) is 2.26. The third-order valence-electron chi connectivity index (χ3n) is 1.93. The molecular formula is C10H12FNO4. The largest absolute Gasteiger partial charge is 0.487 e. The number of nitro benzene ring substituents is 1. The second-order valence-electron chi connectivity index (χ2n) is 3.15. The lowest BCUT2D eigenvalue weighted by Crippen LogP contribution is -2.01. The van der Waals surface area contributed by atoms with E-state index in [9.17, 15) is 14.5 Å². The number of aliphatic hydroxyl groups excluding tert-OH is 1. The molecule has 0 saturated heterocycles. The van der Waals surface area contributed by atoms with Gasteiger partial charge in [-0.25, -0.2) is 4.39 Å². The van der Waals surface area contributed by atoms with E-state index in [1.165, 1.54) is 6.07 Å². The Bertz CT molecular complexity index is 370. The molecule has 0 spiro atoms. The van der Waals surface area contributed by atoms with Gasteiger partial charge < -0.3 is 9.84 Å². The molecule has 0 aliphatic heterocycles. The van der Waals surface area contributed by atoms with E-state index in [0.29, 0.717) is 12.8 Å². The van der Waals surface area contributed by atoms with Crippen LogP contribution in [0.25, 0.3) is 0 Å². The fourth-order valence-electron chi connectivity index (χ4n) is 1.15. The summed E-state index contributed by atoms with van der Waals surface area (Å²) in [6, 6.07) is 3.15. The Morgan fingerprint density at radius 3 is 2.81 bits per heavy atom. The summed E-state index contributed by atoms with van der Waals surface area (Å²) in [4.78, 5) is 9.89. The summed E-state index contributed by atoms with van der Waals surface area (Å²) < 4.78 is 17.9. The van der Waals surface area contributed by atoms with Crippen molar-refractivity contribution in [2.45, 2.75) is 12.8 Å². The van der Waals surface area contributed by atoms with Gasteiger partial charge in [-0.05, 0) is 25.0 Å². The molecule has 0 unspecified atom stereocenters. The number of hydrogen-bond acceptors (Lipinski definition) is 4. The molecule has 0 radical (unpaired) electrons. The Labute approximate surface area is 91.6 Å². The predicted octanol–water partition coefficient (Wildman–Crippen LogP) is 1.89. The first kappa shape index (κ1) is 12.4. The zero-order chi connectivity index (χ0) is 12.0. The Morgan fingerprint density at radius 2 is 2.19 bits per heavy atom. The minimum atomic E-state index is -0.690. The summed E-state index contributed by atoms with van der Waals surface area (Å²) >= 11 is 0. The number of rotatable bonds is 6. The maximum absolute atomic E-state index is 12.8. The Balaban J connectivity index is 2.67. The summed E-state index contributed by atoms with van der Waals surface area (Å²) in [5.41, 5.74) is -0.385. The van der Waals surface area contributed by atoms with Crippen LogP contribution in [0.4, 0.5) is 10.1 Å². The first-order chi connectivity index (χ1) is 7.65. The lowest BCUT2D eigenvalue weighted by atomic mass is 10.3. The quantitative estimate of drug-likeness (QED) is 0.459. The second-order valence-corrected chi connectivity index (χ2v) is 3.15. The average molecular weight is 229 g/mol. The van der Waals surface area contributed by atoms with Crippen LogP contribution < -0.4 is 4.74 Å². The third-order valence-corrected chi connectivity index (χ3v) is 1.93. The van der Waals surface area contributed by atoms with E-state index in [-0.39, 0.29) is 24.7 Å². The van der Waals surface area contributed by atoms with Crippen LogP contribution in [0.5, 0.6) is 5.75 Å². The summed E-state index contributed by atoms with van der Waals surface area (Å²) in [7, 11) is 0. The Hall–Kier alpha value is -1.69. The number of halogens is 1. The molecule has 1 aromatic carbocycles. The molecule has 0 aliphatic rings. The third kappa shape index (κ3) is 3.47. The van der Waals surface area contributed by atoms with Gasteiger partial charge in [-0.1, -0.05) is 0 Å². The molecule has 1 N–H and O–H groups in total. The molecule has 0 atom stereocenters. The summed E-state index contributed by atoms with van der Waals surface area (Å²) in [6.45, 7) is 0.307. The van der Waals surface area contributed by atoms with Crippen LogP contribution >= 0.6 is 0 Å². The topological polar surface area (TPSA) is 72.6 Å². The van der Waals surface area contributed by atoms with Gasteiger partial charge in [0.1, 0.15) is 5.82 Å². The van der Waals surface area contributed by atoms with Crippen LogP contribution in [0.15, 0.2) is 18.2 Å². The van der Waals surface area contributed by atoms with Crippen molar-refractivity contribution in [3.8, 4) is 5.75 Å². The molecule has 5 nitrogen and oxygen atoms in total. The van der Waals surface area contributed by atoms with E-state index in [1.54, 1.807) is 0 Å². The molecule has 0 aliphatic carbocycles. The first-order valence-electron chi connectivity index (χ1n) is 4.82. The molecule has 0 amide bonds. The molecule has 0 fully saturated rings. The summed E-state index contributed by atoms with van der Waals surface area (Å²) in [5.74, 6) is -0.626. The zero-order valence-corrected chi connectivity index (χ0v) is 8.56. The fraction of sp³-hybridized carbons (Fsp3) is 0.400. The monoisotopic (exact) mass is 229 g/mol. The van der Waals surface area contributed by atoms with Crippen LogP contribution in [0.1, 0.15) is 12.8 Å². The van der Waals surface area contributed by atoms with Gasteiger partial charge in [0.2, 0.25) is 0 Å². The molecule has 1 aromatic rings. The molecule has 16 heavy (non-hydrogen) atoms. The Kier molecular flexibility index (Phi) is 4.65. The van der Waals surface area contributed by atoms with E-state index >= 15 is 0 Å². The van der Waals surface area contributed by atoms with Crippen LogP contribution in [0, 0.1) is 15.9 Å². The van der Waals surface area contributed by atoms with Gasteiger partial charge in [0, 0.05) is 6.61 Å². The zero-order valence-electron chi connectivity index (χ0n) is 8.56. The first-order valence-corrected chi connectivity index (χ1v) is 4.82. The van der Waals surface area contributed by atoms with Crippen molar-refractivity contribution < 1.29 is 19.2 Å². The molecule has 0 bridgehead atoms. The Morgan fingerprint density at radius 1 is 1.44 bits per heavy atom. The number of benzene rings is 1. The predicted molar refractivity (Wildman–Crippen MR) is 54.9 cm³/mol. The molecule has 88 valence electrons. The molecular weight excluding hydrogens is 217 g/mol. The standard InChI is InChI=1S/C10H12FNO4/c11-8-3-4-10(9(7-8)12(14)15)16-6-2-1-5-13/h3-4,7,13H,1-2,5-6H2. The van der Waals surface area contributed by atoms with E-state index in [0.717, 1.165) is 12.1 Å². The highest BCUT2D eigenvalue weighted by Gasteiger charge is 2.15. The molecule has 0 saturated carbocycles. The SMILES string of the molecule is O=[N+]([O-])c1cc(F)ccc1OCCCCO. The van der Waals surface area contributed by atoms with E-state index < -0.39 is 10.7 Å². The highest BCUT2D eigenvalue weighted by molar-refractivity contribution is 5.46. The van der Waals surface area contributed by atoms with E-state index in [4.69, 9.17) is 9.84 Å². The molecule has 1 rings (SSSR count). The number of ether oxygens (including phenoxy) is 1. The van der Waals surface area contributed by atoms with Gasteiger partial charge in [0.25, 0.3) is 0 Å². The summed E-state index contributed by atoms with van der Waals surface area (Å²) in [6.07, 6.45) is 1.15. The maximum Gasteiger partial charge on any atom is 0.313 e. The summed E-state index contributed by atoms with van der Waals surface area (Å²) in [5, 5.41) is 19.1. The van der Waals surface area contributed by atoms with Crippen LogP contribution in [-0.2, 0) is 0 Å². The van der Waals surface area contributed by atoms with Crippen molar-refractivity contribution >= 4 is 5.69 Å². The number of unbranched alkanes of at least 4 members (excludes halogenated alkanes) is 1. The van der Waals surface area contributed by atoms with Gasteiger partial charge in [-0.3, -0.25) is 10.1 Å². The highest BCUT2D eigenvalue weighted by atomic mass is 19.1. The highest BCUT2D eigenvalue weighted by Crippen LogP contribution is 2.27. The van der Waals surface area contributed by atoms with Gasteiger partial charge in [0.15, 0.2) is 5.75 Å². The maximum atomic E-state index is 12.8. The minimum absolute atomic E-state index is 0.0457. The number of nitro groups is 1. The van der Waals surface area contributed by atoms with Gasteiger partial charge in [-0.2, -0.15) is 0 Å².